The van der Waals surface area contributed by atoms with Crippen LogP contribution >= 0.6 is 0 Å². The second-order valence-corrected chi connectivity index (χ2v) is 7.53. The largest absolute Gasteiger partial charge is 0.448 e. The van der Waals surface area contributed by atoms with Gasteiger partial charge in [0.25, 0.3) is 11.5 Å². The molecule has 1 heterocycles. The molecule has 0 radical (unpaired) electrons. The number of esters is 1. The molecule has 0 bridgehead atoms. The predicted octanol–water partition coefficient (Wildman–Crippen LogP) is 3.37. The lowest BCUT2D eigenvalue weighted by atomic mass is 10.1. The lowest BCUT2D eigenvalue weighted by Crippen LogP contribution is -2.36. The number of amides is 1. The summed E-state index contributed by atoms with van der Waals surface area (Å²) in [4.78, 5) is 37.9. The van der Waals surface area contributed by atoms with E-state index in [2.05, 4.69) is 10.4 Å². The van der Waals surface area contributed by atoms with Crippen LogP contribution < -0.4 is 10.9 Å². The van der Waals surface area contributed by atoms with Gasteiger partial charge in [-0.2, -0.15) is 5.10 Å². The highest BCUT2D eigenvalue weighted by Gasteiger charge is 2.23. The summed E-state index contributed by atoms with van der Waals surface area (Å²) in [5, 5.41) is 7.83. The number of aromatic nitrogens is 2. The molecule has 7 nitrogen and oxygen atoms in total. The number of carbonyl (C=O) groups is 2. The highest BCUT2D eigenvalue weighted by molar-refractivity contribution is 6.02. The zero-order valence-corrected chi connectivity index (χ0v) is 18.1. The standard InChI is InChI=1S/C24H27N3O4/c1-4-5-14-27-23(29)20-9-7-6-8-19(20)21(26-27)24(30)31-17(3)22(28)25-15-18-12-10-16(2)11-13-18/h6-13,17H,4-5,14-15H2,1-3H3,(H,25,28)/t17-/m0/s1. The van der Waals surface area contributed by atoms with Gasteiger partial charge >= 0.3 is 5.97 Å². The number of nitrogens with one attached hydrogen (secondary N) is 1. The van der Waals surface area contributed by atoms with Crippen molar-refractivity contribution in [3.05, 3.63) is 75.7 Å². The Morgan fingerprint density at radius 1 is 1.10 bits per heavy atom. The van der Waals surface area contributed by atoms with Crippen LogP contribution in [0, 0.1) is 6.92 Å². The van der Waals surface area contributed by atoms with E-state index in [0.717, 1.165) is 24.0 Å². The van der Waals surface area contributed by atoms with E-state index in [-0.39, 0.29) is 11.3 Å². The van der Waals surface area contributed by atoms with Crippen LogP contribution in [0.1, 0.15) is 48.3 Å². The average Bonchev–Trinajstić information content (AvgIpc) is 2.78. The van der Waals surface area contributed by atoms with Crippen molar-refractivity contribution in [2.24, 2.45) is 0 Å². The Kier molecular flexibility index (Phi) is 7.18. The SMILES string of the molecule is CCCCn1nc(C(=O)O[C@@H](C)C(=O)NCc2ccc(C)cc2)c2ccccc2c1=O. The van der Waals surface area contributed by atoms with E-state index in [4.69, 9.17) is 4.74 Å². The normalized spacial score (nSPS) is 11.8. The molecule has 1 N–H and O–H groups in total. The molecule has 3 rings (SSSR count). The van der Waals surface area contributed by atoms with Crippen molar-refractivity contribution in [1.82, 2.24) is 15.1 Å². The highest BCUT2D eigenvalue weighted by Crippen LogP contribution is 2.15. The first kappa shape index (κ1) is 22.2. The number of carbonyl (C=O) groups excluding carboxylic acids is 2. The van der Waals surface area contributed by atoms with Gasteiger partial charge in [-0.15, -0.1) is 0 Å². The fraction of sp³-hybridized carbons (Fsp3) is 0.333. The topological polar surface area (TPSA) is 90.3 Å². The van der Waals surface area contributed by atoms with Crippen LogP contribution in [0.4, 0.5) is 0 Å². The second kappa shape index (κ2) is 10.0. The van der Waals surface area contributed by atoms with Crippen molar-refractivity contribution in [3.8, 4) is 0 Å². The Bertz CT molecular complexity index is 1140. The molecular formula is C24H27N3O4. The molecule has 1 aromatic heterocycles. The molecule has 31 heavy (non-hydrogen) atoms. The van der Waals surface area contributed by atoms with Gasteiger partial charge in [-0.1, -0.05) is 61.4 Å². The maximum absolute atomic E-state index is 12.8. The molecule has 0 aliphatic rings. The minimum Gasteiger partial charge on any atom is -0.448 e. The third-order valence-electron chi connectivity index (χ3n) is 5.02. The molecule has 7 heteroatoms. The number of aryl methyl sites for hydroxylation is 2. The number of nitrogens with zero attached hydrogens (tertiary/aromatic N) is 2. The summed E-state index contributed by atoms with van der Waals surface area (Å²) < 4.78 is 6.68. The van der Waals surface area contributed by atoms with Crippen molar-refractivity contribution >= 4 is 22.6 Å². The smallest absolute Gasteiger partial charge is 0.360 e. The van der Waals surface area contributed by atoms with E-state index >= 15 is 0 Å². The molecule has 0 unspecified atom stereocenters. The quantitative estimate of drug-likeness (QED) is 0.563. The van der Waals surface area contributed by atoms with Gasteiger partial charge in [-0.3, -0.25) is 9.59 Å². The summed E-state index contributed by atoms with van der Waals surface area (Å²) in [6.07, 6.45) is 0.644. The maximum Gasteiger partial charge on any atom is 0.360 e. The third kappa shape index (κ3) is 5.36. The molecule has 0 aliphatic heterocycles. The van der Waals surface area contributed by atoms with E-state index in [1.54, 1.807) is 24.3 Å². The fourth-order valence-corrected chi connectivity index (χ4v) is 3.15. The van der Waals surface area contributed by atoms with Gasteiger partial charge < -0.3 is 10.1 Å². The van der Waals surface area contributed by atoms with Crippen LogP contribution in [0.15, 0.2) is 53.3 Å². The summed E-state index contributed by atoms with van der Waals surface area (Å²) in [6, 6.07) is 14.6. The van der Waals surface area contributed by atoms with Gasteiger partial charge in [-0.05, 0) is 31.9 Å². The van der Waals surface area contributed by atoms with Gasteiger partial charge in [0.1, 0.15) is 0 Å². The highest BCUT2D eigenvalue weighted by atomic mass is 16.5. The molecule has 1 amide bonds. The van der Waals surface area contributed by atoms with Crippen LogP contribution in [-0.4, -0.2) is 27.8 Å². The van der Waals surface area contributed by atoms with Gasteiger partial charge in [0.05, 0.1) is 5.39 Å². The molecule has 3 aromatic rings. The summed E-state index contributed by atoms with van der Waals surface area (Å²) in [5.74, 6) is -1.14. The van der Waals surface area contributed by atoms with Crippen LogP contribution in [-0.2, 0) is 22.6 Å². The number of fused-ring (bicyclic) bond motifs is 1. The van der Waals surface area contributed by atoms with Crippen molar-refractivity contribution in [2.45, 2.75) is 52.8 Å². The Morgan fingerprint density at radius 3 is 2.45 bits per heavy atom. The number of unbranched alkanes of at least 4 members (excludes halogenated alkanes) is 1. The molecule has 0 aliphatic carbocycles. The predicted molar refractivity (Wildman–Crippen MR) is 119 cm³/mol. The Morgan fingerprint density at radius 2 is 1.77 bits per heavy atom. The van der Waals surface area contributed by atoms with Gasteiger partial charge in [0.15, 0.2) is 11.8 Å². The third-order valence-corrected chi connectivity index (χ3v) is 5.02. The van der Waals surface area contributed by atoms with Crippen molar-refractivity contribution in [3.63, 3.8) is 0 Å². The van der Waals surface area contributed by atoms with Crippen molar-refractivity contribution in [1.29, 1.82) is 0 Å². The minimum absolute atomic E-state index is 0.0319. The Hall–Kier alpha value is -3.48. The monoisotopic (exact) mass is 421 g/mol. The molecule has 2 aromatic carbocycles. The first-order valence-corrected chi connectivity index (χ1v) is 10.4. The molecule has 0 spiro atoms. The zero-order valence-electron chi connectivity index (χ0n) is 18.1. The van der Waals surface area contributed by atoms with Crippen molar-refractivity contribution in [2.75, 3.05) is 0 Å². The maximum atomic E-state index is 12.8. The lowest BCUT2D eigenvalue weighted by Gasteiger charge is -2.15. The zero-order chi connectivity index (χ0) is 22.4. The van der Waals surface area contributed by atoms with E-state index < -0.39 is 18.0 Å². The summed E-state index contributed by atoms with van der Waals surface area (Å²) >= 11 is 0. The number of hydrogen-bond acceptors (Lipinski definition) is 5. The average molecular weight is 421 g/mol. The van der Waals surface area contributed by atoms with E-state index in [1.807, 2.05) is 38.1 Å². The summed E-state index contributed by atoms with van der Waals surface area (Å²) in [6.45, 7) is 6.26. The Labute approximate surface area is 181 Å². The van der Waals surface area contributed by atoms with Crippen LogP contribution in [0.2, 0.25) is 0 Å². The van der Waals surface area contributed by atoms with E-state index in [9.17, 15) is 14.4 Å². The van der Waals surface area contributed by atoms with Crippen LogP contribution in [0.5, 0.6) is 0 Å². The number of rotatable bonds is 8. The van der Waals surface area contributed by atoms with Gasteiger partial charge in [-0.25, -0.2) is 9.48 Å². The van der Waals surface area contributed by atoms with Gasteiger partial charge in [0, 0.05) is 18.5 Å². The molecule has 0 saturated carbocycles. The second-order valence-electron chi connectivity index (χ2n) is 7.53. The molecule has 1 atom stereocenters. The summed E-state index contributed by atoms with van der Waals surface area (Å²) in [7, 11) is 0. The van der Waals surface area contributed by atoms with Crippen LogP contribution in [0.3, 0.4) is 0 Å². The molecular weight excluding hydrogens is 394 g/mol. The van der Waals surface area contributed by atoms with Crippen molar-refractivity contribution < 1.29 is 14.3 Å². The molecule has 0 saturated heterocycles. The first-order chi connectivity index (χ1) is 14.9. The number of hydrogen-bond donors (Lipinski definition) is 1. The molecule has 0 fully saturated rings. The summed E-state index contributed by atoms with van der Waals surface area (Å²) in [5.41, 5.74) is 1.87. The van der Waals surface area contributed by atoms with Crippen LogP contribution in [0.25, 0.3) is 10.8 Å². The fourth-order valence-electron chi connectivity index (χ4n) is 3.15. The number of ether oxygens (including phenoxy) is 1. The Balaban J connectivity index is 1.75. The minimum atomic E-state index is -1.01. The first-order valence-electron chi connectivity index (χ1n) is 10.4. The van der Waals surface area contributed by atoms with Gasteiger partial charge in [0.2, 0.25) is 0 Å². The van der Waals surface area contributed by atoms with E-state index in [1.165, 1.54) is 11.6 Å². The van der Waals surface area contributed by atoms with E-state index in [0.29, 0.717) is 23.9 Å². The number of benzene rings is 2. The molecule has 162 valence electrons. The lowest BCUT2D eigenvalue weighted by molar-refractivity contribution is -0.129.